The van der Waals surface area contributed by atoms with E-state index >= 15 is 0 Å². The number of aromatic nitrogens is 2. The number of benzene rings is 2. The maximum absolute atomic E-state index is 12.5. The summed E-state index contributed by atoms with van der Waals surface area (Å²) in [6.45, 7) is 2.01. The molecule has 0 spiro atoms. The molecule has 0 radical (unpaired) electrons. The molecule has 1 amide bonds. The van der Waals surface area contributed by atoms with Crippen LogP contribution in [-0.2, 0) is 11.2 Å². The zero-order valence-corrected chi connectivity index (χ0v) is 19.9. The molecule has 1 atom stereocenters. The molecule has 3 rings (SSSR count). The van der Waals surface area contributed by atoms with Crippen molar-refractivity contribution in [3.8, 4) is 11.5 Å². The summed E-state index contributed by atoms with van der Waals surface area (Å²) in [6, 6.07) is 15.7. The average Bonchev–Trinajstić information content (AvgIpc) is 2.87. The highest BCUT2D eigenvalue weighted by Gasteiger charge is 2.08. The minimum atomic E-state index is -0.123. The third-order valence-electron chi connectivity index (χ3n) is 5.38. The molecular weight excluding hydrogens is 426 g/mol. The number of aryl methyl sites for hydroxylation is 1. The third-order valence-corrected chi connectivity index (χ3v) is 5.38. The summed E-state index contributed by atoms with van der Waals surface area (Å²) in [4.78, 5) is 20.5. The van der Waals surface area contributed by atoms with Crippen LogP contribution >= 0.6 is 0 Å². The van der Waals surface area contributed by atoms with Gasteiger partial charge in [0.25, 0.3) is 0 Å². The van der Waals surface area contributed by atoms with Crippen LogP contribution in [0.2, 0.25) is 0 Å². The van der Waals surface area contributed by atoms with Gasteiger partial charge in [0.15, 0.2) is 0 Å². The second-order valence-corrected chi connectivity index (χ2v) is 7.95. The topological polar surface area (TPSA) is 73.3 Å². The monoisotopic (exact) mass is 457 g/mol. The van der Waals surface area contributed by atoms with E-state index in [1.54, 1.807) is 26.4 Å². The maximum Gasteiger partial charge on any atom is 0.244 e. The summed E-state index contributed by atoms with van der Waals surface area (Å²) >= 11 is 0. The SMILES string of the molecule is COc1cccc(C(=C/C=C/C(=O)NC(C)CCCc2cncnc2)c2cccc(OC)c2)c1. The molecule has 0 saturated heterocycles. The normalized spacial score (nSPS) is 11.6. The van der Waals surface area contributed by atoms with Gasteiger partial charge in [-0.05, 0) is 72.7 Å². The number of hydrogen-bond donors (Lipinski definition) is 1. The molecule has 2 aromatic carbocycles. The lowest BCUT2D eigenvalue weighted by atomic mass is 9.97. The van der Waals surface area contributed by atoms with Gasteiger partial charge in [-0.1, -0.05) is 36.4 Å². The van der Waals surface area contributed by atoms with Crippen LogP contribution in [-0.4, -0.2) is 36.1 Å². The molecule has 6 nitrogen and oxygen atoms in total. The van der Waals surface area contributed by atoms with Crippen molar-refractivity contribution in [3.05, 3.63) is 102 Å². The van der Waals surface area contributed by atoms with Crippen molar-refractivity contribution in [1.82, 2.24) is 15.3 Å². The van der Waals surface area contributed by atoms with Crippen molar-refractivity contribution in [3.63, 3.8) is 0 Å². The molecule has 176 valence electrons. The molecule has 1 aromatic heterocycles. The summed E-state index contributed by atoms with van der Waals surface area (Å²) in [5.41, 5.74) is 4.03. The minimum Gasteiger partial charge on any atom is -0.497 e. The summed E-state index contributed by atoms with van der Waals surface area (Å²) < 4.78 is 10.8. The first-order valence-electron chi connectivity index (χ1n) is 11.3. The second kappa shape index (κ2) is 12.9. The number of carbonyl (C=O) groups excluding carboxylic acids is 1. The van der Waals surface area contributed by atoms with Gasteiger partial charge in [-0.15, -0.1) is 0 Å². The zero-order valence-electron chi connectivity index (χ0n) is 19.9. The summed E-state index contributed by atoms with van der Waals surface area (Å²) in [5.74, 6) is 1.41. The van der Waals surface area contributed by atoms with Gasteiger partial charge in [0.2, 0.25) is 5.91 Å². The van der Waals surface area contributed by atoms with Gasteiger partial charge in [0, 0.05) is 24.5 Å². The number of nitrogens with zero attached hydrogens (tertiary/aromatic N) is 2. The number of nitrogens with one attached hydrogen (secondary N) is 1. The number of amides is 1. The van der Waals surface area contributed by atoms with Crippen LogP contribution in [0.1, 0.15) is 36.5 Å². The molecule has 34 heavy (non-hydrogen) atoms. The van der Waals surface area contributed by atoms with Crippen LogP contribution in [0.5, 0.6) is 11.5 Å². The first-order chi connectivity index (χ1) is 16.6. The molecule has 0 aliphatic rings. The molecule has 0 aliphatic heterocycles. The van der Waals surface area contributed by atoms with Crippen molar-refractivity contribution >= 4 is 11.5 Å². The van der Waals surface area contributed by atoms with Gasteiger partial charge in [-0.25, -0.2) is 9.97 Å². The standard InChI is InChI=1S/C28H31N3O3/c1-21(8-4-9-22-18-29-20-30-19-22)31-28(32)15-7-14-27(23-10-5-12-25(16-23)33-2)24-11-6-13-26(17-24)34-3/h5-7,10-21H,4,8-9H2,1-3H3,(H,31,32)/b15-7+. The Balaban J connectivity index is 1.67. The van der Waals surface area contributed by atoms with Crippen molar-refractivity contribution in [1.29, 1.82) is 0 Å². The Morgan fingerprint density at radius 3 is 2.21 bits per heavy atom. The van der Waals surface area contributed by atoms with E-state index in [1.807, 2.05) is 73.9 Å². The molecule has 1 heterocycles. The fraction of sp³-hybridized carbons (Fsp3) is 0.250. The number of hydrogen-bond acceptors (Lipinski definition) is 5. The lowest BCUT2D eigenvalue weighted by Crippen LogP contribution is -2.31. The van der Waals surface area contributed by atoms with Crippen LogP contribution in [0.3, 0.4) is 0 Å². The molecule has 1 unspecified atom stereocenters. The van der Waals surface area contributed by atoms with Crippen molar-refractivity contribution in [2.24, 2.45) is 0 Å². The molecule has 0 fully saturated rings. The van der Waals surface area contributed by atoms with E-state index in [0.717, 1.165) is 53.0 Å². The van der Waals surface area contributed by atoms with Crippen LogP contribution in [0.15, 0.2) is 85.5 Å². The Bertz CT molecular complexity index is 1080. The molecule has 3 aromatic rings. The minimum absolute atomic E-state index is 0.0713. The second-order valence-electron chi connectivity index (χ2n) is 7.95. The molecule has 6 heteroatoms. The Labute approximate surface area is 201 Å². The Hall–Kier alpha value is -3.93. The van der Waals surface area contributed by atoms with Gasteiger partial charge in [-0.2, -0.15) is 0 Å². The lowest BCUT2D eigenvalue weighted by molar-refractivity contribution is -0.117. The first-order valence-corrected chi connectivity index (χ1v) is 11.3. The summed E-state index contributed by atoms with van der Waals surface area (Å²) in [7, 11) is 3.29. The fourth-order valence-electron chi connectivity index (χ4n) is 3.61. The van der Waals surface area contributed by atoms with Crippen LogP contribution < -0.4 is 14.8 Å². The molecule has 0 saturated carbocycles. The van der Waals surface area contributed by atoms with Crippen LogP contribution in [0, 0.1) is 0 Å². The number of ether oxygens (including phenoxy) is 2. The van der Waals surface area contributed by atoms with E-state index in [2.05, 4.69) is 15.3 Å². The van der Waals surface area contributed by atoms with Gasteiger partial charge < -0.3 is 14.8 Å². The smallest absolute Gasteiger partial charge is 0.244 e. The summed E-state index contributed by atoms with van der Waals surface area (Å²) in [6.07, 6.45) is 13.2. The van der Waals surface area contributed by atoms with E-state index in [4.69, 9.17) is 9.47 Å². The number of carbonyl (C=O) groups is 1. The van der Waals surface area contributed by atoms with E-state index in [-0.39, 0.29) is 11.9 Å². The fourth-order valence-corrected chi connectivity index (χ4v) is 3.61. The Morgan fingerprint density at radius 1 is 1.00 bits per heavy atom. The van der Waals surface area contributed by atoms with E-state index in [9.17, 15) is 4.79 Å². The lowest BCUT2D eigenvalue weighted by Gasteiger charge is -2.12. The number of allylic oxidation sites excluding steroid dienone is 2. The van der Waals surface area contributed by atoms with Gasteiger partial charge in [-0.3, -0.25) is 4.79 Å². The highest BCUT2D eigenvalue weighted by Crippen LogP contribution is 2.28. The molecule has 0 aliphatic carbocycles. The van der Waals surface area contributed by atoms with Gasteiger partial charge in [0.05, 0.1) is 14.2 Å². The maximum atomic E-state index is 12.5. The highest BCUT2D eigenvalue weighted by molar-refractivity contribution is 5.89. The quantitative estimate of drug-likeness (QED) is 0.324. The van der Waals surface area contributed by atoms with E-state index in [1.165, 1.54) is 6.33 Å². The van der Waals surface area contributed by atoms with E-state index in [0.29, 0.717) is 0 Å². The predicted octanol–water partition coefficient (Wildman–Crippen LogP) is 5.01. The van der Waals surface area contributed by atoms with E-state index < -0.39 is 0 Å². The first kappa shape index (κ1) is 24.7. The largest absolute Gasteiger partial charge is 0.497 e. The van der Waals surface area contributed by atoms with Crippen molar-refractivity contribution in [2.75, 3.05) is 14.2 Å². The van der Waals surface area contributed by atoms with Gasteiger partial charge in [0.1, 0.15) is 17.8 Å². The molecular formula is C28H31N3O3. The highest BCUT2D eigenvalue weighted by atomic mass is 16.5. The number of methoxy groups -OCH3 is 2. The predicted molar refractivity (Wildman–Crippen MR) is 135 cm³/mol. The van der Waals surface area contributed by atoms with Gasteiger partial charge >= 0.3 is 0 Å². The van der Waals surface area contributed by atoms with Crippen LogP contribution in [0.25, 0.3) is 5.57 Å². The summed E-state index contributed by atoms with van der Waals surface area (Å²) in [5, 5.41) is 3.03. The third kappa shape index (κ3) is 7.59. The van der Waals surface area contributed by atoms with Crippen molar-refractivity contribution in [2.45, 2.75) is 32.2 Å². The zero-order chi connectivity index (χ0) is 24.2. The molecule has 1 N–H and O–H groups in total. The Kier molecular flexibility index (Phi) is 9.40. The Morgan fingerprint density at radius 2 is 1.62 bits per heavy atom. The number of rotatable bonds is 11. The average molecular weight is 458 g/mol. The van der Waals surface area contributed by atoms with Crippen LogP contribution in [0.4, 0.5) is 0 Å². The molecule has 0 bridgehead atoms. The van der Waals surface area contributed by atoms with Crippen molar-refractivity contribution < 1.29 is 14.3 Å².